The first-order valence-corrected chi connectivity index (χ1v) is 9.73. The van der Waals surface area contributed by atoms with Crippen molar-refractivity contribution in [2.45, 2.75) is 77.0 Å². The quantitative estimate of drug-likeness (QED) is 0.519. The van der Waals surface area contributed by atoms with Crippen molar-refractivity contribution in [1.82, 2.24) is 0 Å². The molecular weight excluding hydrogens is 309 g/mol. The van der Waals surface area contributed by atoms with Crippen LogP contribution in [0.15, 0.2) is 12.1 Å². The predicted molar refractivity (Wildman–Crippen MR) is 91.4 cm³/mol. The number of hydrogen-bond acceptors (Lipinski definition) is 0. The van der Waals surface area contributed by atoms with Crippen LogP contribution < -0.4 is 0 Å². The van der Waals surface area contributed by atoms with Crippen molar-refractivity contribution in [2.75, 3.05) is 0 Å². The molecule has 1 aromatic carbocycles. The van der Waals surface area contributed by atoms with Crippen LogP contribution >= 0.6 is 0 Å². The van der Waals surface area contributed by atoms with Crippen molar-refractivity contribution < 1.29 is 13.2 Å². The van der Waals surface area contributed by atoms with Gasteiger partial charge in [0.25, 0.3) is 0 Å². The Kier molecular flexibility index (Phi) is 5.89. The SMILES string of the molecule is CCC[C@H]1CC[C@H](C2CCC(c3ccc(F)c(F)c3F)CC2)CC1. The van der Waals surface area contributed by atoms with Crippen LogP contribution in [0.25, 0.3) is 0 Å². The van der Waals surface area contributed by atoms with E-state index in [2.05, 4.69) is 6.92 Å². The van der Waals surface area contributed by atoms with Gasteiger partial charge in [0.15, 0.2) is 17.5 Å². The van der Waals surface area contributed by atoms with E-state index >= 15 is 0 Å². The minimum Gasteiger partial charge on any atom is -0.204 e. The molecule has 0 saturated heterocycles. The Morgan fingerprint density at radius 1 is 0.792 bits per heavy atom. The summed E-state index contributed by atoms with van der Waals surface area (Å²) in [5.74, 6) is -0.825. The smallest absolute Gasteiger partial charge is 0.194 e. The van der Waals surface area contributed by atoms with Crippen LogP contribution in [0.2, 0.25) is 0 Å². The molecular formula is C21H29F3. The summed E-state index contributed by atoms with van der Waals surface area (Å²) in [7, 11) is 0. The van der Waals surface area contributed by atoms with Gasteiger partial charge in [-0.15, -0.1) is 0 Å². The molecule has 2 aliphatic rings. The van der Waals surface area contributed by atoms with Crippen LogP contribution in [0.5, 0.6) is 0 Å². The maximum Gasteiger partial charge on any atom is 0.194 e. The molecule has 0 radical (unpaired) electrons. The molecule has 2 fully saturated rings. The van der Waals surface area contributed by atoms with E-state index in [0.29, 0.717) is 5.56 Å². The van der Waals surface area contributed by atoms with Gasteiger partial charge in [0.1, 0.15) is 0 Å². The molecule has 0 aromatic heterocycles. The topological polar surface area (TPSA) is 0 Å². The Balaban J connectivity index is 1.54. The van der Waals surface area contributed by atoms with Gasteiger partial charge in [0, 0.05) is 0 Å². The Morgan fingerprint density at radius 3 is 1.96 bits per heavy atom. The van der Waals surface area contributed by atoms with E-state index in [1.165, 1.54) is 44.6 Å². The third-order valence-corrected chi connectivity index (χ3v) is 6.53. The van der Waals surface area contributed by atoms with E-state index in [1.807, 2.05) is 0 Å². The van der Waals surface area contributed by atoms with E-state index in [9.17, 15) is 13.2 Å². The fraction of sp³-hybridized carbons (Fsp3) is 0.714. The fourth-order valence-electron chi connectivity index (χ4n) is 5.11. The second kappa shape index (κ2) is 7.93. The summed E-state index contributed by atoms with van der Waals surface area (Å²) < 4.78 is 40.6. The molecule has 0 aliphatic heterocycles. The minimum absolute atomic E-state index is 0.0489. The molecule has 0 N–H and O–H groups in total. The molecule has 3 heteroatoms. The van der Waals surface area contributed by atoms with Gasteiger partial charge in [0.2, 0.25) is 0 Å². The molecule has 0 heterocycles. The zero-order chi connectivity index (χ0) is 17.1. The van der Waals surface area contributed by atoms with Crippen LogP contribution in [0.4, 0.5) is 13.2 Å². The lowest BCUT2D eigenvalue weighted by molar-refractivity contribution is 0.156. The summed E-state index contributed by atoms with van der Waals surface area (Å²) in [5, 5.41) is 0. The second-order valence-corrected chi connectivity index (χ2v) is 7.95. The van der Waals surface area contributed by atoms with Crippen LogP contribution in [-0.4, -0.2) is 0 Å². The average molecular weight is 338 g/mol. The van der Waals surface area contributed by atoms with Gasteiger partial charge in [-0.2, -0.15) is 0 Å². The number of halogens is 3. The largest absolute Gasteiger partial charge is 0.204 e. The molecule has 2 saturated carbocycles. The third-order valence-electron chi connectivity index (χ3n) is 6.53. The molecule has 0 bridgehead atoms. The van der Waals surface area contributed by atoms with Gasteiger partial charge in [-0.05, 0) is 73.8 Å². The highest BCUT2D eigenvalue weighted by Crippen LogP contribution is 2.45. The Morgan fingerprint density at radius 2 is 1.38 bits per heavy atom. The van der Waals surface area contributed by atoms with Crippen molar-refractivity contribution in [3.63, 3.8) is 0 Å². The zero-order valence-electron chi connectivity index (χ0n) is 14.7. The van der Waals surface area contributed by atoms with Crippen molar-refractivity contribution in [3.8, 4) is 0 Å². The molecule has 24 heavy (non-hydrogen) atoms. The van der Waals surface area contributed by atoms with Gasteiger partial charge in [-0.3, -0.25) is 0 Å². The molecule has 0 amide bonds. The normalized spacial score (nSPS) is 31.2. The van der Waals surface area contributed by atoms with Crippen molar-refractivity contribution >= 4 is 0 Å². The molecule has 134 valence electrons. The third kappa shape index (κ3) is 3.81. The second-order valence-electron chi connectivity index (χ2n) is 7.95. The van der Waals surface area contributed by atoms with Gasteiger partial charge < -0.3 is 0 Å². The predicted octanol–water partition coefficient (Wildman–Crippen LogP) is 6.98. The molecule has 0 atom stereocenters. The lowest BCUT2D eigenvalue weighted by atomic mass is 9.68. The highest BCUT2D eigenvalue weighted by molar-refractivity contribution is 5.24. The maximum atomic E-state index is 14.0. The molecule has 0 unspecified atom stereocenters. The van der Waals surface area contributed by atoms with E-state index in [-0.39, 0.29) is 5.92 Å². The molecule has 3 rings (SSSR count). The zero-order valence-corrected chi connectivity index (χ0v) is 14.7. The van der Waals surface area contributed by atoms with E-state index < -0.39 is 17.5 Å². The Labute approximate surface area is 143 Å². The highest BCUT2D eigenvalue weighted by Gasteiger charge is 2.32. The van der Waals surface area contributed by atoms with Crippen LogP contribution in [0.3, 0.4) is 0 Å². The summed E-state index contributed by atoms with van der Waals surface area (Å²) >= 11 is 0. The standard InChI is InChI=1S/C21H29F3/c1-2-3-14-4-6-15(7-5-14)16-8-10-17(11-9-16)18-12-13-19(22)21(24)20(18)23/h12-17H,2-11H2,1H3/t14-,15-,16?,17?. The summed E-state index contributed by atoms with van der Waals surface area (Å²) in [5.41, 5.74) is 0.374. The summed E-state index contributed by atoms with van der Waals surface area (Å²) in [6.45, 7) is 2.27. The van der Waals surface area contributed by atoms with Gasteiger partial charge >= 0.3 is 0 Å². The van der Waals surface area contributed by atoms with E-state index in [0.717, 1.165) is 49.5 Å². The van der Waals surface area contributed by atoms with Crippen molar-refractivity contribution in [2.24, 2.45) is 17.8 Å². The molecule has 0 nitrogen and oxygen atoms in total. The minimum atomic E-state index is -1.32. The first-order valence-electron chi connectivity index (χ1n) is 9.73. The molecule has 1 aromatic rings. The van der Waals surface area contributed by atoms with Crippen LogP contribution in [0, 0.1) is 35.2 Å². The lowest BCUT2D eigenvalue weighted by Crippen LogP contribution is -2.25. The van der Waals surface area contributed by atoms with Gasteiger partial charge in [0.05, 0.1) is 0 Å². The first kappa shape index (κ1) is 17.8. The molecule has 2 aliphatic carbocycles. The lowest BCUT2D eigenvalue weighted by Gasteiger charge is -2.38. The molecule has 0 spiro atoms. The van der Waals surface area contributed by atoms with Gasteiger partial charge in [-0.25, -0.2) is 13.2 Å². The number of rotatable bonds is 4. The fourth-order valence-corrected chi connectivity index (χ4v) is 5.11. The number of hydrogen-bond donors (Lipinski definition) is 0. The van der Waals surface area contributed by atoms with E-state index in [4.69, 9.17) is 0 Å². The highest BCUT2D eigenvalue weighted by atomic mass is 19.2. The Bertz CT molecular complexity index is 538. The average Bonchev–Trinajstić information content (AvgIpc) is 2.61. The monoisotopic (exact) mass is 338 g/mol. The van der Waals surface area contributed by atoms with Crippen LogP contribution in [0.1, 0.15) is 82.6 Å². The summed E-state index contributed by atoms with van der Waals surface area (Å²) in [6, 6.07) is 2.50. The number of benzene rings is 1. The van der Waals surface area contributed by atoms with E-state index in [1.54, 1.807) is 0 Å². The Hall–Kier alpha value is -0.990. The van der Waals surface area contributed by atoms with Crippen molar-refractivity contribution in [3.05, 3.63) is 35.1 Å². The first-order chi connectivity index (χ1) is 11.6. The summed E-state index contributed by atoms with van der Waals surface area (Å²) in [6.07, 6.45) is 12.1. The van der Waals surface area contributed by atoms with Gasteiger partial charge in [-0.1, -0.05) is 38.7 Å². The van der Waals surface area contributed by atoms with Crippen molar-refractivity contribution in [1.29, 1.82) is 0 Å². The maximum absolute atomic E-state index is 14.0. The summed E-state index contributed by atoms with van der Waals surface area (Å²) in [4.78, 5) is 0. The van der Waals surface area contributed by atoms with Crippen LogP contribution in [-0.2, 0) is 0 Å².